The van der Waals surface area contributed by atoms with Crippen molar-refractivity contribution in [2.45, 2.75) is 68.7 Å². The third-order valence-electron chi connectivity index (χ3n) is 7.80. The number of nitrogens with one attached hydrogen (secondary N) is 4. The van der Waals surface area contributed by atoms with E-state index in [1.165, 1.54) is 11.8 Å². The number of carbonyl (C=O) groups excluding carboxylic acids is 3. The first-order valence-electron chi connectivity index (χ1n) is 15.7. The molecule has 0 fully saturated rings. The minimum atomic E-state index is -0.942. The van der Waals surface area contributed by atoms with Gasteiger partial charge in [0, 0.05) is 49.6 Å². The molecule has 0 radical (unpaired) electrons. The summed E-state index contributed by atoms with van der Waals surface area (Å²) in [6.45, 7) is 6.74. The highest BCUT2D eigenvalue weighted by atomic mass is 32.2. The molecule has 0 bridgehead atoms. The lowest BCUT2D eigenvalue weighted by molar-refractivity contribution is -0.135. The van der Waals surface area contributed by atoms with Crippen molar-refractivity contribution in [2.24, 2.45) is 0 Å². The minimum absolute atomic E-state index is 0.0460. The number of aliphatic hydroxyl groups excluding tert-OH is 2. The second-order valence-corrected chi connectivity index (χ2v) is 13.2. The summed E-state index contributed by atoms with van der Waals surface area (Å²) < 4.78 is 5.46. The zero-order valence-corrected chi connectivity index (χ0v) is 28.2. The second kappa shape index (κ2) is 16.6. The molecule has 4 amide bonds. The molecule has 0 saturated carbocycles. The number of aliphatic hydroxyl groups is 2. The maximum atomic E-state index is 14.2. The number of hydrogen-bond acceptors (Lipinski definition) is 8. The fraction of sp³-hybridized carbons (Fsp3) is 0.400. The number of hydrogen-bond donors (Lipinski definition) is 6. The van der Waals surface area contributed by atoms with Crippen LogP contribution >= 0.6 is 11.8 Å². The Balaban J connectivity index is 1.61. The van der Waals surface area contributed by atoms with Crippen LogP contribution in [0.25, 0.3) is 11.1 Å². The summed E-state index contributed by atoms with van der Waals surface area (Å²) in [7, 11) is 1.59. The standard InChI is InChI=1S/C35H45N5O6S/c1-5-36-34(45)37-18-23-10-6-8-12-28(23)29-13-9-7-11-24(29)20-40-21-25-14-15-27(46-4)16-30(25)47-32(33(40)44)39-31(43)17-35(2,3)38-19-26(42)22-41/h6-16,26,32,38,41-42H,5,17-22H2,1-4H3,(H,39,43)(H2,36,37,45)/t26-,32+/m0/s1. The molecule has 1 heterocycles. The Hall–Kier alpha value is -4.10. The summed E-state index contributed by atoms with van der Waals surface area (Å²) in [4.78, 5) is 42.3. The van der Waals surface area contributed by atoms with Gasteiger partial charge in [-0.3, -0.25) is 9.59 Å². The lowest BCUT2D eigenvalue weighted by Gasteiger charge is -2.29. The van der Waals surface area contributed by atoms with E-state index in [4.69, 9.17) is 9.84 Å². The van der Waals surface area contributed by atoms with E-state index in [1.54, 1.807) is 12.0 Å². The molecule has 0 aromatic heterocycles. The summed E-state index contributed by atoms with van der Waals surface area (Å²) in [5, 5.41) is 29.7. The molecule has 1 aliphatic heterocycles. The summed E-state index contributed by atoms with van der Waals surface area (Å²) in [6.07, 6.45) is -0.896. The maximum absolute atomic E-state index is 14.2. The first kappa shape index (κ1) is 35.7. The molecule has 0 unspecified atom stereocenters. The summed E-state index contributed by atoms with van der Waals surface area (Å²) in [5.74, 6) is 0.0891. The lowest BCUT2D eigenvalue weighted by atomic mass is 9.95. The van der Waals surface area contributed by atoms with Crippen LogP contribution in [0.3, 0.4) is 0 Å². The van der Waals surface area contributed by atoms with Crippen molar-refractivity contribution in [3.63, 3.8) is 0 Å². The Morgan fingerprint density at radius 2 is 1.72 bits per heavy atom. The predicted molar refractivity (Wildman–Crippen MR) is 183 cm³/mol. The Morgan fingerprint density at radius 1 is 1.04 bits per heavy atom. The van der Waals surface area contributed by atoms with E-state index in [1.807, 2.05) is 87.5 Å². The molecule has 2 atom stereocenters. The molecular weight excluding hydrogens is 618 g/mol. The number of fused-ring (bicyclic) bond motifs is 1. The van der Waals surface area contributed by atoms with Crippen LogP contribution in [0.15, 0.2) is 71.6 Å². The molecule has 3 aromatic rings. The van der Waals surface area contributed by atoms with E-state index in [2.05, 4.69) is 21.3 Å². The number of benzene rings is 3. The molecule has 4 rings (SSSR count). The van der Waals surface area contributed by atoms with Crippen LogP contribution in [-0.4, -0.2) is 76.8 Å². The second-order valence-electron chi connectivity index (χ2n) is 12.0. The first-order chi connectivity index (χ1) is 22.5. The minimum Gasteiger partial charge on any atom is -0.497 e. The molecule has 3 aromatic carbocycles. The fourth-order valence-corrected chi connectivity index (χ4v) is 6.50. The van der Waals surface area contributed by atoms with E-state index in [0.29, 0.717) is 25.4 Å². The van der Waals surface area contributed by atoms with E-state index in [-0.39, 0.29) is 44.0 Å². The normalized spacial score (nSPS) is 15.3. The average Bonchev–Trinajstić information content (AvgIpc) is 3.18. The van der Waals surface area contributed by atoms with Crippen molar-refractivity contribution in [2.75, 3.05) is 26.8 Å². The number of nitrogens with zero attached hydrogens (tertiary/aromatic N) is 1. The zero-order chi connectivity index (χ0) is 34.0. The zero-order valence-electron chi connectivity index (χ0n) is 27.3. The third-order valence-corrected chi connectivity index (χ3v) is 8.99. The number of methoxy groups -OCH3 is 1. The SMILES string of the molecule is CCNC(=O)NCc1ccccc1-c1ccccc1CN1Cc2ccc(OC)cc2S[C@@H](NC(=O)CC(C)(C)NC[C@H](O)CO)C1=O. The van der Waals surface area contributed by atoms with Gasteiger partial charge in [0.1, 0.15) is 5.75 Å². The summed E-state index contributed by atoms with van der Waals surface area (Å²) in [6, 6.07) is 21.2. The number of urea groups is 1. The van der Waals surface area contributed by atoms with Crippen molar-refractivity contribution in [1.82, 2.24) is 26.2 Å². The average molecular weight is 664 g/mol. The molecule has 11 nitrogen and oxygen atoms in total. The maximum Gasteiger partial charge on any atom is 0.315 e. The van der Waals surface area contributed by atoms with E-state index in [0.717, 1.165) is 32.7 Å². The molecule has 252 valence electrons. The monoisotopic (exact) mass is 663 g/mol. The van der Waals surface area contributed by atoms with Crippen molar-refractivity contribution in [1.29, 1.82) is 0 Å². The van der Waals surface area contributed by atoms with Crippen LogP contribution in [0.5, 0.6) is 5.75 Å². The van der Waals surface area contributed by atoms with Gasteiger partial charge in [0.05, 0.1) is 19.8 Å². The molecule has 0 aliphatic carbocycles. The summed E-state index contributed by atoms with van der Waals surface area (Å²) in [5.41, 5.74) is 3.99. The van der Waals surface area contributed by atoms with Gasteiger partial charge in [-0.15, -0.1) is 0 Å². The van der Waals surface area contributed by atoms with Gasteiger partial charge in [-0.05, 0) is 60.7 Å². The number of carbonyl (C=O) groups is 3. The van der Waals surface area contributed by atoms with Gasteiger partial charge in [-0.2, -0.15) is 0 Å². The van der Waals surface area contributed by atoms with Crippen LogP contribution in [0.2, 0.25) is 0 Å². The van der Waals surface area contributed by atoms with Crippen molar-refractivity contribution in [3.05, 3.63) is 83.4 Å². The van der Waals surface area contributed by atoms with Crippen LogP contribution in [0, 0.1) is 0 Å². The van der Waals surface area contributed by atoms with Crippen LogP contribution in [0.4, 0.5) is 4.79 Å². The predicted octanol–water partition coefficient (Wildman–Crippen LogP) is 3.37. The highest BCUT2D eigenvalue weighted by Gasteiger charge is 2.33. The smallest absolute Gasteiger partial charge is 0.315 e. The lowest BCUT2D eigenvalue weighted by Crippen LogP contribution is -2.50. The van der Waals surface area contributed by atoms with Crippen LogP contribution < -0.4 is 26.0 Å². The van der Waals surface area contributed by atoms with Gasteiger partial charge >= 0.3 is 6.03 Å². The van der Waals surface area contributed by atoms with Gasteiger partial charge in [0.25, 0.3) is 5.91 Å². The molecule has 1 aliphatic rings. The quantitative estimate of drug-likeness (QED) is 0.154. The largest absolute Gasteiger partial charge is 0.497 e. The number of amides is 4. The highest BCUT2D eigenvalue weighted by Crippen LogP contribution is 2.36. The van der Waals surface area contributed by atoms with E-state index >= 15 is 0 Å². The van der Waals surface area contributed by atoms with Gasteiger partial charge in [0.2, 0.25) is 5.91 Å². The van der Waals surface area contributed by atoms with Crippen LogP contribution in [0.1, 0.15) is 43.9 Å². The van der Waals surface area contributed by atoms with Crippen molar-refractivity contribution >= 4 is 29.6 Å². The Labute approximate surface area is 280 Å². The Kier molecular flexibility index (Phi) is 12.7. The Morgan fingerprint density at radius 3 is 2.40 bits per heavy atom. The Bertz CT molecular complexity index is 1550. The van der Waals surface area contributed by atoms with Gasteiger partial charge in [-0.25, -0.2) is 4.79 Å². The molecule has 47 heavy (non-hydrogen) atoms. The fourth-order valence-electron chi connectivity index (χ4n) is 5.34. The number of β-amino-alcohol motifs (C(OH)–C–C–N with tert-alkyl or cyclic N) is 1. The third kappa shape index (κ3) is 9.94. The van der Waals surface area contributed by atoms with Crippen LogP contribution in [-0.2, 0) is 29.2 Å². The van der Waals surface area contributed by atoms with Crippen molar-refractivity contribution < 1.29 is 29.3 Å². The van der Waals surface area contributed by atoms with Gasteiger partial charge < -0.3 is 41.1 Å². The topological polar surface area (TPSA) is 152 Å². The molecule has 6 N–H and O–H groups in total. The summed E-state index contributed by atoms with van der Waals surface area (Å²) >= 11 is 1.28. The first-order valence-corrected chi connectivity index (χ1v) is 16.5. The van der Waals surface area contributed by atoms with E-state index in [9.17, 15) is 19.5 Å². The van der Waals surface area contributed by atoms with Crippen molar-refractivity contribution in [3.8, 4) is 16.9 Å². The molecular formula is C35H45N5O6S. The van der Waals surface area contributed by atoms with Gasteiger partial charge in [0.15, 0.2) is 5.37 Å². The van der Waals surface area contributed by atoms with E-state index < -0.39 is 17.0 Å². The highest BCUT2D eigenvalue weighted by molar-refractivity contribution is 8.00. The molecule has 12 heteroatoms. The molecule has 0 spiro atoms. The van der Waals surface area contributed by atoms with Gasteiger partial charge in [-0.1, -0.05) is 66.4 Å². The molecule has 0 saturated heterocycles. The number of ether oxygens (including phenoxy) is 1. The number of rotatable bonds is 14. The number of thioether (sulfide) groups is 1.